The summed E-state index contributed by atoms with van der Waals surface area (Å²) >= 11 is 0. The van der Waals surface area contributed by atoms with E-state index in [4.69, 9.17) is 5.84 Å². The molecule has 0 heterocycles. The van der Waals surface area contributed by atoms with Gasteiger partial charge < -0.3 is 0 Å². The van der Waals surface area contributed by atoms with Crippen LogP contribution in [0.4, 0.5) is 4.39 Å². The largest absolute Gasteiger partial charge is 0.271 e. The van der Waals surface area contributed by atoms with Crippen LogP contribution in [0.2, 0.25) is 0 Å². The second kappa shape index (κ2) is 5.77. The molecule has 6 heteroatoms. The van der Waals surface area contributed by atoms with E-state index < -0.39 is 21.1 Å². The number of aryl methyl sites for hydroxylation is 1. The first-order valence-electron chi connectivity index (χ1n) is 5.65. The first-order valence-corrected chi connectivity index (χ1v) is 7.61. The van der Waals surface area contributed by atoms with Crippen LogP contribution in [-0.2, 0) is 16.3 Å². The Hall–Kier alpha value is -0.980. The second-order valence-corrected chi connectivity index (χ2v) is 6.99. The molecule has 1 rings (SSSR count). The molecule has 0 aliphatic heterocycles. The number of rotatable bonds is 5. The molecule has 1 aromatic carbocycles. The summed E-state index contributed by atoms with van der Waals surface area (Å²) in [5, 5.41) is -0.634. The van der Waals surface area contributed by atoms with Crippen molar-refractivity contribution < 1.29 is 12.8 Å². The van der Waals surface area contributed by atoms with E-state index in [1.807, 2.05) is 6.92 Å². The SMILES string of the molecule is Cc1ccc(F)cc1CC(NN)C(C)S(C)(=O)=O. The average molecular weight is 274 g/mol. The molecule has 3 N–H and O–H groups in total. The molecule has 0 spiro atoms. The molecule has 102 valence electrons. The van der Waals surface area contributed by atoms with Gasteiger partial charge in [0.05, 0.1) is 5.25 Å². The topological polar surface area (TPSA) is 72.2 Å². The number of halogens is 1. The normalized spacial score (nSPS) is 15.4. The molecule has 0 radical (unpaired) electrons. The molecule has 0 aliphatic rings. The number of benzene rings is 1. The number of hydrogen-bond acceptors (Lipinski definition) is 4. The Kier molecular flexibility index (Phi) is 4.84. The van der Waals surface area contributed by atoms with E-state index in [0.717, 1.165) is 11.1 Å². The maximum atomic E-state index is 13.2. The fourth-order valence-corrected chi connectivity index (χ4v) is 2.53. The van der Waals surface area contributed by atoms with Gasteiger partial charge in [0.15, 0.2) is 9.84 Å². The van der Waals surface area contributed by atoms with Crippen molar-refractivity contribution in [2.75, 3.05) is 6.26 Å². The Balaban J connectivity index is 2.96. The van der Waals surface area contributed by atoms with Gasteiger partial charge in [-0.1, -0.05) is 6.07 Å². The van der Waals surface area contributed by atoms with Crippen LogP contribution in [0.5, 0.6) is 0 Å². The Labute approximate surface area is 107 Å². The van der Waals surface area contributed by atoms with Crippen LogP contribution in [0.3, 0.4) is 0 Å². The molecule has 18 heavy (non-hydrogen) atoms. The Bertz CT molecular complexity index is 517. The van der Waals surface area contributed by atoms with Gasteiger partial charge in [0.2, 0.25) is 0 Å². The summed E-state index contributed by atoms with van der Waals surface area (Å²) in [7, 11) is -3.19. The van der Waals surface area contributed by atoms with Gasteiger partial charge in [0.25, 0.3) is 0 Å². The van der Waals surface area contributed by atoms with E-state index in [2.05, 4.69) is 5.43 Å². The van der Waals surface area contributed by atoms with Crippen LogP contribution >= 0.6 is 0 Å². The lowest BCUT2D eigenvalue weighted by Crippen LogP contribution is -2.47. The van der Waals surface area contributed by atoms with E-state index in [0.29, 0.717) is 6.42 Å². The van der Waals surface area contributed by atoms with Gasteiger partial charge in [-0.25, -0.2) is 12.8 Å². The zero-order chi connectivity index (χ0) is 13.9. The zero-order valence-electron chi connectivity index (χ0n) is 10.8. The van der Waals surface area contributed by atoms with E-state index in [-0.39, 0.29) is 5.82 Å². The first kappa shape index (κ1) is 15.1. The molecule has 0 saturated heterocycles. The summed E-state index contributed by atoms with van der Waals surface area (Å²) in [6.45, 7) is 3.45. The molecule has 0 amide bonds. The Morgan fingerprint density at radius 3 is 2.56 bits per heavy atom. The highest BCUT2D eigenvalue weighted by Crippen LogP contribution is 2.15. The first-order chi connectivity index (χ1) is 8.25. The van der Waals surface area contributed by atoms with Gasteiger partial charge in [-0.05, 0) is 43.5 Å². The average Bonchev–Trinajstić information content (AvgIpc) is 2.28. The van der Waals surface area contributed by atoms with Crippen LogP contribution in [-0.4, -0.2) is 26.0 Å². The van der Waals surface area contributed by atoms with Crippen LogP contribution in [0, 0.1) is 12.7 Å². The smallest absolute Gasteiger partial charge is 0.151 e. The highest BCUT2D eigenvalue weighted by molar-refractivity contribution is 7.91. The molecule has 0 saturated carbocycles. The lowest BCUT2D eigenvalue weighted by Gasteiger charge is -2.22. The van der Waals surface area contributed by atoms with E-state index in [1.54, 1.807) is 13.0 Å². The predicted octanol–water partition coefficient (Wildman–Crippen LogP) is 0.942. The van der Waals surface area contributed by atoms with Gasteiger partial charge in [-0.2, -0.15) is 0 Å². The van der Waals surface area contributed by atoms with Crippen molar-refractivity contribution in [3.8, 4) is 0 Å². The van der Waals surface area contributed by atoms with Crippen LogP contribution < -0.4 is 11.3 Å². The second-order valence-electron chi connectivity index (χ2n) is 4.58. The summed E-state index contributed by atoms with van der Waals surface area (Å²) in [4.78, 5) is 0. The van der Waals surface area contributed by atoms with Crippen molar-refractivity contribution in [2.45, 2.75) is 31.6 Å². The van der Waals surface area contributed by atoms with Gasteiger partial charge in [0, 0.05) is 12.3 Å². The minimum atomic E-state index is -3.19. The van der Waals surface area contributed by atoms with Crippen LogP contribution in [0.15, 0.2) is 18.2 Å². The maximum Gasteiger partial charge on any atom is 0.151 e. The Morgan fingerprint density at radius 2 is 2.06 bits per heavy atom. The third kappa shape index (κ3) is 3.76. The number of hydrogen-bond donors (Lipinski definition) is 2. The molecular formula is C12H19FN2O2S. The van der Waals surface area contributed by atoms with Crippen molar-refractivity contribution in [3.05, 3.63) is 35.1 Å². The summed E-state index contributed by atoms with van der Waals surface area (Å²) in [6, 6.07) is 4.02. The molecule has 4 nitrogen and oxygen atoms in total. The zero-order valence-corrected chi connectivity index (χ0v) is 11.6. The van der Waals surface area contributed by atoms with Crippen molar-refractivity contribution in [1.29, 1.82) is 0 Å². The van der Waals surface area contributed by atoms with Gasteiger partial charge >= 0.3 is 0 Å². The van der Waals surface area contributed by atoms with E-state index >= 15 is 0 Å². The minimum absolute atomic E-state index is 0.335. The van der Waals surface area contributed by atoms with Crippen LogP contribution in [0.25, 0.3) is 0 Å². The number of sulfone groups is 1. The monoisotopic (exact) mass is 274 g/mol. The fourth-order valence-electron chi connectivity index (χ4n) is 1.76. The maximum absolute atomic E-state index is 13.2. The fraction of sp³-hybridized carbons (Fsp3) is 0.500. The lowest BCUT2D eigenvalue weighted by atomic mass is 10.00. The summed E-state index contributed by atoms with van der Waals surface area (Å²) in [5.41, 5.74) is 4.17. The van der Waals surface area contributed by atoms with Crippen LogP contribution in [0.1, 0.15) is 18.1 Å². The summed E-state index contributed by atoms with van der Waals surface area (Å²) in [6.07, 6.45) is 1.54. The third-order valence-electron chi connectivity index (χ3n) is 3.21. The van der Waals surface area contributed by atoms with Crippen molar-refractivity contribution >= 4 is 9.84 Å². The Morgan fingerprint density at radius 1 is 1.44 bits per heavy atom. The minimum Gasteiger partial charge on any atom is -0.271 e. The number of nitrogens with one attached hydrogen (secondary N) is 1. The molecule has 2 unspecified atom stereocenters. The van der Waals surface area contributed by atoms with E-state index in [9.17, 15) is 12.8 Å². The molecule has 0 aromatic heterocycles. The van der Waals surface area contributed by atoms with Gasteiger partial charge in [-0.15, -0.1) is 0 Å². The standard InChI is InChI=1S/C12H19FN2O2S/c1-8-4-5-11(13)6-10(8)7-12(15-14)9(2)18(3,16)17/h4-6,9,12,15H,7,14H2,1-3H3. The van der Waals surface area contributed by atoms with E-state index in [1.165, 1.54) is 18.4 Å². The summed E-state index contributed by atoms with van der Waals surface area (Å²) in [5.74, 6) is 5.06. The predicted molar refractivity (Wildman–Crippen MR) is 70.3 cm³/mol. The van der Waals surface area contributed by atoms with Crippen molar-refractivity contribution in [2.24, 2.45) is 5.84 Å². The third-order valence-corrected chi connectivity index (χ3v) is 4.89. The van der Waals surface area contributed by atoms with Crippen molar-refractivity contribution in [1.82, 2.24) is 5.43 Å². The number of nitrogens with two attached hydrogens (primary N) is 1. The number of hydrazine groups is 1. The summed E-state index contributed by atoms with van der Waals surface area (Å²) < 4.78 is 36.2. The molecule has 0 fully saturated rings. The molecule has 0 bridgehead atoms. The molecule has 2 atom stereocenters. The lowest BCUT2D eigenvalue weighted by molar-refractivity contribution is 0.492. The highest BCUT2D eigenvalue weighted by Gasteiger charge is 2.25. The molecule has 0 aliphatic carbocycles. The van der Waals surface area contributed by atoms with Gasteiger partial charge in [0.1, 0.15) is 5.82 Å². The van der Waals surface area contributed by atoms with Crippen molar-refractivity contribution in [3.63, 3.8) is 0 Å². The quantitative estimate of drug-likeness (QED) is 0.619. The molecular weight excluding hydrogens is 255 g/mol. The molecule has 1 aromatic rings. The van der Waals surface area contributed by atoms with Gasteiger partial charge in [-0.3, -0.25) is 11.3 Å². The highest BCUT2D eigenvalue weighted by atomic mass is 32.2.